The van der Waals surface area contributed by atoms with Crippen LogP contribution in [-0.4, -0.2) is 38.9 Å². The van der Waals surface area contributed by atoms with Crippen LogP contribution in [0, 0.1) is 46.5 Å². The predicted octanol–water partition coefficient (Wildman–Crippen LogP) is 11.5. The van der Waals surface area contributed by atoms with Gasteiger partial charge in [0.15, 0.2) is 34.9 Å². The lowest BCUT2D eigenvalue weighted by molar-refractivity contribution is 0.369. The van der Waals surface area contributed by atoms with Crippen molar-refractivity contribution in [1.29, 1.82) is 0 Å². The number of hydrogen-bond donors (Lipinski definition) is 3. The molecule has 0 atom stereocenters. The topological polar surface area (TPSA) is 172 Å². The van der Waals surface area contributed by atoms with Gasteiger partial charge >= 0.3 is 0 Å². The third-order valence-electron chi connectivity index (χ3n) is 11.3. The van der Waals surface area contributed by atoms with Crippen LogP contribution in [0.2, 0.25) is 0 Å². The molecule has 0 aliphatic heterocycles. The molecule has 0 spiro atoms. The summed E-state index contributed by atoms with van der Waals surface area (Å²) in [6.45, 7) is 0. The first kappa shape index (κ1) is 42.2. The Morgan fingerprint density at radius 3 is 1.17 bits per heavy atom. The van der Waals surface area contributed by atoms with Gasteiger partial charge in [0.2, 0.25) is 17.4 Å². The number of ether oxygens (including phenoxy) is 1. The van der Waals surface area contributed by atoms with E-state index in [-0.39, 0.29) is 48.5 Å². The Balaban J connectivity index is 1.16. The van der Waals surface area contributed by atoms with Crippen molar-refractivity contribution in [3.8, 4) is 33.8 Å². The lowest BCUT2D eigenvalue weighted by Gasteiger charge is -2.20. The number of benzene rings is 10. The molecule has 0 amide bonds. The first-order valence-electron chi connectivity index (χ1n) is 18.3. The molecule has 0 fully saturated rings. The molecule has 0 radical (unpaired) electrons. The van der Waals surface area contributed by atoms with E-state index in [1.54, 1.807) is 12.1 Å². The lowest BCUT2D eigenvalue weighted by atomic mass is 9.88. The second-order valence-corrected chi connectivity index (χ2v) is 18.9. The van der Waals surface area contributed by atoms with Gasteiger partial charge in [-0.3, -0.25) is 13.7 Å². The number of rotatable bonds is 7. The fourth-order valence-electron chi connectivity index (χ4n) is 8.66. The number of hydrogen-bond acceptors (Lipinski definition) is 7. The Kier molecular flexibility index (Phi) is 9.01. The summed E-state index contributed by atoms with van der Waals surface area (Å²) in [5.41, 5.74) is -7.31. The van der Waals surface area contributed by atoms with E-state index in [0.29, 0.717) is 16.8 Å². The summed E-state index contributed by atoms with van der Waals surface area (Å²) in [4.78, 5) is -2.30. The molecule has 0 unspecified atom stereocenters. The molecule has 10 aromatic carbocycles. The van der Waals surface area contributed by atoms with Gasteiger partial charge in [0.25, 0.3) is 30.4 Å². The smallest absolute Gasteiger partial charge is 0.295 e. The summed E-state index contributed by atoms with van der Waals surface area (Å²) in [5.74, 6) is -22.6. The molecule has 0 aromatic heterocycles. The molecule has 0 aliphatic carbocycles. The van der Waals surface area contributed by atoms with Gasteiger partial charge in [-0.25, -0.2) is 26.3 Å². The van der Waals surface area contributed by atoms with Crippen LogP contribution < -0.4 is 4.74 Å². The highest BCUT2D eigenvalue weighted by Gasteiger charge is 2.37. The molecule has 328 valence electrons. The third kappa shape index (κ3) is 6.03. The first-order chi connectivity index (χ1) is 30.5. The predicted molar refractivity (Wildman–Crippen MR) is 220 cm³/mol. The minimum Gasteiger partial charge on any atom is -0.450 e. The number of halogens is 8. The highest BCUT2D eigenvalue weighted by atomic mass is 32.2. The zero-order chi connectivity index (χ0) is 46.6. The van der Waals surface area contributed by atoms with Crippen LogP contribution >= 0.6 is 0 Å². The molecule has 10 rings (SSSR count). The highest BCUT2D eigenvalue weighted by Crippen LogP contribution is 2.49. The van der Waals surface area contributed by atoms with Gasteiger partial charge in [0.05, 0.1) is 16.7 Å². The maximum Gasteiger partial charge on any atom is 0.295 e. The minimum atomic E-state index is -5.40. The quantitative estimate of drug-likeness (QED) is 0.0604. The summed E-state index contributed by atoms with van der Waals surface area (Å²) >= 11 is 0. The Morgan fingerprint density at radius 2 is 0.692 bits per heavy atom. The Labute approximate surface area is 358 Å². The normalized spacial score (nSPS) is 12.9. The fourth-order valence-corrected chi connectivity index (χ4v) is 10.8. The van der Waals surface area contributed by atoms with Gasteiger partial charge in [0.1, 0.15) is 20.4 Å². The first-order valence-corrected chi connectivity index (χ1v) is 22.6. The molecule has 0 bridgehead atoms. The van der Waals surface area contributed by atoms with E-state index in [4.69, 9.17) is 4.74 Å². The van der Waals surface area contributed by atoms with Gasteiger partial charge in [-0.1, -0.05) is 60.7 Å². The molecule has 3 N–H and O–H groups in total. The van der Waals surface area contributed by atoms with Crippen LogP contribution in [0.25, 0.3) is 86.9 Å². The Hall–Kier alpha value is -6.75. The van der Waals surface area contributed by atoms with Gasteiger partial charge < -0.3 is 4.74 Å². The van der Waals surface area contributed by atoms with E-state index >= 15 is 35.1 Å². The van der Waals surface area contributed by atoms with Crippen LogP contribution in [0.4, 0.5) is 35.1 Å². The average Bonchev–Trinajstić information content (AvgIpc) is 3.25. The summed E-state index contributed by atoms with van der Waals surface area (Å²) in [6, 6.07) is 17.5. The van der Waals surface area contributed by atoms with Gasteiger partial charge in [0, 0.05) is 26.9 Å². The summed E-state index contributed by atoms with van der Waals surface area (Å²) in [5, 5.41) is -0.115. The van der Waals surface area contributed by atoms with Crippen LogP contribution in [0.5, 0.6) is 11.5 Å². The van der Waals surface area contributed by atoms with Crippen molar-refractivity contribution in [2.45, 2.75) is 14.7 Å². The molecule has 10 nitrogen and oxygen atoms in total. The average molecular weight is 955 g/mol. The van der Waals surface area contributed by atoms with E-state index in [0.717, 1.165) is 36.4 Å². The Morgan fingerprint density at radius 1 is 0.354 bits per heavy atom. The molecule has 0 aliphatic rings. The van der Waals surface area contributed by atoms with E-state index in [1.165, 1.54) is 36.4 Å². The maximum atomic E-state index is 16.4. The molecule has 0 saturated heterocycles. The Bertz CT molecular complexity index is 4110. The highest BCUT2D eigenvalue weighted by molar-refractivity contribution is 7.86. The van der Waals surface area contributed by atoms with Crippen LogP contribution in [0.1, 0.15) is 0 Å². The van der Waals surface area contributed by atoms with Crippen molar-refractivity contribution in [3.05, 3.63) is 138 Å². The van der Waals surface area contributed by atoms with E-state index in [9.17, 15) is 38.9 Å². The molecule has 0 heterocycles. The van der Waals surface area contributed by atoms with Crippen molar-refractivity contribution >= 4 is 95.0 Å². The molecule has 0 saturated carbocycles. The maximum absolute atomic E-state index is 16.4. The summed E-state index contributed by atoms with van der Waals surface area (Å²) < 4.78 is 238. The van der Waals surface area contributed by atoms with Crippen LogP contribution in [0.3, 0.4) is 0 Å². The summed E-state index contributed by atoms with van der Waals surface area (Å²) in [7, 11) is -15.1. The van der Waals surface area contributed by atoms with Crippen molar-refractivity contribution in [1.82, 2.24) is 0 Å². The zero-order valence-corrected chi connectivity index (χ0v) is 34.1. The van der Waals surface area contributed by atoms with E-state index < -0.39 is 131 Å². The fraction of sp³-hybridized carbons (Fsp3) is 0. The minimum absolute atomic E-state index is 0.00332. The second kappa shape index (κ2) is 13.9. The standard InChI is InChI=1S/C44H18F8O10S3/c45-36-33(24-15-28(65(59,60)61)23-11-10-22-27(64(56,57)58)14-6-18-3-7-19(24)32(23)31(18)22)37(46)39(48)34(38(36)47)35-40(49)42(51)44(43(52)41(35)50)62-25-12-4-16-1-2-17-5-13-26(63(53,54)55)21-9-8-20(25)29(16)30(17)21/h1-15H,(H,53,54,55)(H,56,57,58)(H,59,60,61). The third-order valence-corrected chi connectivity index (χ3v) is 14.1. The lowest BCUT2D eigenvalue weighted by Crippen LogP contribution is -2.10. The largest absolute Gasteiger partial charge is 0.450 e. The van der Waals surface area contributed by atoms with Crippen LogP contribution in [-0.2, 0) is 30.4 Å². The van der Waals surface area contributed by atoms with Crippen molar-refractivity contribution in [2.75, 3.05) is 0 Å². The van der Waals surface area contributed by atoms with Gasteiger partial charge in [-0.15, -0.1) is 0 Å². The van der Waals surface area contributed by atoms with Crippen LogP contribution in [0.15, 0.2) is 106 Å². The second-order valence-electron chi connectivity index (χ2n) is 14.8. The molecule has 65 heavy (non-hydrogen) atoms. The zero-order valence-electron chi connectivity index (χ0n) is 31.6. The molecule has 21 heteroatoms. The van der Waals surface area contributed by atoms with E-state index in [2.05, 4.69) is 0 Å². The molecular weight excluding hydrogens is 937 g/mol. The SMILES string of the molecule is O=S(=O)(O)c1ccc2ccc3ccc(Oc4c(F)c(F)c(-c5c(F)c(F)c(-c6cc(S(=O)(=O)O)c7ccc8c(S(=O)(=O)O)ccc9ccc6c7c98)c(F)c5F)c(F)c4F)c4ccc1c2c34. The molecule has 10 aromatic rings. The summed E-state index contributed by atoms with van der Waals surface area (Å²) in [6.07, 6.45) is 0. The van der Waals surface area contributed by atoms with E-state index in [1.807, 2.05) is 0 Å². The van der Waals surface area contributed by atoms with Gasteiger partial charge in [-0.2, -0.15) is 34.0 Å². The monoisotopic (exact) mass is 954 g/mol. The van der Waals surface area contributed by atoms with Crippen molar-refractivity contribution in [2.24, 2.45) is 0 Å². The molecular formula is C44H18F8O10S3. The van der Waals surface area contributed by atoms with Crippen molar-refractivity contribution < 1.29 is 78.8 Å². The van der Waals surface area contributed by atoms with Crippen molar-refractivity contribution in [3.63, 3.8) is 0 Å². The van der Waals surface area contributed by atoms with Gasteiger partial charge in [-0.05, 0) is 73.6 Å².